The van der Waals surface area contributed by atoms with E-state index in [1.54, 1.807) is 0 Å². The highest BCUT2D eigenvalue weighted by Crippen LogP contribution is 2.41. The van der Waals surface area contributed by atoms with Gasteiger partial charge in [-0.2, -0.15) is 0 Å². The van der Waals surface area contributed by atoms with Gasteiger partial charge in [0.15, 0.2) is 0 Å². The zero-order valence-electron chi connectivity index (χ0n) is 14.4. The number of nitrogens with zero attached hydrogens (tertiary/aromatic N) is 2. The number of aromatic nitrogens is 2. The second-order valence-electron chi connectivity index (χ2n) is 6.73. The summed E-state index contributed by atoms with van der Waals surface area (Å²) in [7, 11) is 0. The zero-order valence-corrected chi connectivity index (χ0v) is 15.2. The van der Waals surface area contributed by atoms with Gasteiger partial charge in [0.1, 0.15) is 9.71 Å². The highest BCUT2D eigenvalue weighted by molar-refractivity contribution is 7.21. The number of hydrogen-bond donors (Lipinski definition) is 3. The van der Waals surface area contributed by atoms with E-state index in [4.69, 9.17) is 16.5 Å². The second kappa shape index (κ2) is 5.92. The van der Waals surface area contributed by atoms with Crippen LogP contribution >= 0.6 is 11.3 Å². The molecule has 2 aromatic heterocycles. The van der Waals surface area contributed by atoms with Crippen LogP contribution in [-0.4, -0.2) is 21.9 Å². The molecule has 0 radical (unpaired) electrons. The topological polar surface area (TPSA) is 107 Å². The first-order valence-electron chi connectivity index (χ1n) is 8.76. The molecule has 2 aromatic carbocycles. The van der Waals surface area contributed by atoms with Crippen molar-refractivity contribution in [1.29, 1.82) is 0 Å². The lowest BCUT2D eigenvalue weighted by Gasteiger charge is -2.11. The Morgan fingerprint density at radius 1 is 1.11 bits per heavy atom. The van der Waals surface area contributed by atoms with E-state index in [0.29, 0.717) is 32.8 Å². The average Bonchev–Trinajstić information content (AvgIpc) is 3.42. The largest absolute Gasteiger partial charge is 0.397 e. The smallest absolute Gasteiger partial charge is 0.260 e. The number of carbonyl (C=O) groups is 1. The number of nitrogen functional groups attached to an aromatic ring is 1. The van der Waals surface area contributed by atoms with E-state index >= 15 is 0 Å². The molecule has 0 aliphatic heterocycles. The van der Waals surface area contributed by atoms with Crippen molar-refractivity contribution in [2.24, 2.45) is 5.73 Å². The van der Waals surface area contributed by atoms with Crippen molar-refractivity contribution in [3.8, 4) is 11.3 Å². The molecule has 1 aliphatic rings. The van der Waals surface area contributed by atoms with Crippen LogP contribution in [0.3, 0.4) is 0 Å². The maximum Gasteiger partial charge on any atom is 0.260 e. The predicted octanol–water partition coefficient (Wildman–Crippen LogP) is 3.77. The number of amides is 1. The molecule has 1 saturated carbocycles. The van der Waals surface area contributed by atoms with Crippen LogP contribution in [0.2, 0.25) is 0 Å². The van der Waals surface area contributed by atoms with Crippen molar-refractivity contribution >= 4 is 49.9 Å². The molecule has 0 bridgehead atoms. The first-order valence-corrected chi connectivity index (χ1v) is 9.58. The lowest BCUT2D eigenvalue weighted by molar-refractivity contribution is 0.100. The molecule has 0 spiro atoms. The van der Waals surface area contributed by atoms with E-state index in [1.165, 1.54) is 11.3 Å². The van der Waals surface area contributed by atoms with Crippen molar-refractivity contribution in [3.63, 3.8) is 0 Å². The van der Waals surface area contributed by atoms with Crippen molar-refractivity contribution in [1.82, 2.24) is 9.97 Å². The van der Waals surface area contributed by atoms with Crippen LogP contribution in [0.15, 0.2) is 42.5 Å². The quantitative estimate of drug-likeness (QED) is 0.503. The van der Waals surface area contributed by atoms with E-state index in [1.807, 2.05) is 24.3 Å². The second-order valence-corrected chi connectivity index (χ2v) is 7.73. The minimum atomic E-state index is -0.545. The molecule has 1 aliphatic carbocycles. The summed E-state index contributed by atoms with van der Waals surface area (Å²) in [6.45, 7) is 0. The van der Waals surface area contributed by atoms with E-state index in [0.717, 1.165) is 34.9 Å². The minimum absolute atomic E-state index is 0.323. The summed E-state index contributed by atoms with van der Waals surface area (Å²) < 4.78 is 0. The number of carbonyl (C=O) groups excluding carboxylic acids is 1. The SMILES string of the molecule is NC(=O)c1sc2nc(NC3CC3)nc(-c3cccc4ccccc34)c2c1N. The van der Waals surface area contributed by atoms with Gasteiger partial charge < -0.3 is 16.8 Å². The van der Waals surface area contributed by atoms with Gasteiger partial charge >= 0.3 is 0 Å². The van der Waals surface area contributed by atoms with Crippen LogP contribution in [0.25, 0.3) is 32.2 Å². The van der Waals surface area contributed by atoms with Crippen molar-refractivity contribution in [2.75, 3.05) is 11.1 Å². The Morgan fingerprint density at radius 3 is 2.67 bits per heavy atom. The Balaban J connectivity index is 1.84. The standard InChI is InChI=1S/C20H17N5OS/c21-15-14-16(13-7-3-5-10-4-1-2-6-12(10)13)24-20(23-11-8-9-11)25-19(14)27-17(15)18(22)26/h1-7,11H,8-9,21H2,(H2,22,26)(H,23,24,25). The van der Waals surface area contributed by atoms with Gasteiger partial charge in [-0.25, -0.2) is 9.97 Å². The number of hydrogen-bond acceptors (Lipinski definition) is 6. The number of thiophene rings is 1. The fourth-order valence-corrected chi connectivity index (χ4v) is 4.25. The van der Waals surface area contributed by atoms with E-state index < -0.39 is 5.91 Å². The number of nitrogens with one attached hydrogen (secondary N) is 1. The van der Waals surface area contributed by atoms with Crippen molar-refractivity contribution in [2.45, 2.75) is 18.9 Å². The highest BCUT2D eigenvalue weighted by atomic mass is 32.1. The molecule has 1 amide bonds. The number of benzene rings is 2. The van der Waals surface area contributed by atoms with Crippen LogP contribution in [0.4, 0.5) is 11.6 Å². The molecule has 7 heteroatoms. The van der Waals surface area contributed by atoms with Gasteiger partial charge in [-0.15, -0.1) is 11.3 Å². The minimum Gasteiger partial charge on any atom is -0.397 e. The van der Waals surface area contributed by atoms with Gasteiger partial charge in [0.2, 0.25) is 5.95 Å². The van der Waals surface area contributed by atoms with Crippen LogP contribution in [0.5, 0.6) is 0 Å². The molecule has 27 heavy (non-hydrogen) atoms. The normalized spacial score (nSPS) is 13.9. The Morgan fingerprint density at radius 2 is 1.89 bits per heavy atom. The fourth-order valence-electron chi connectivity index (χ4n) is 3.31. The van der Waals surface area contributed by atoms with Gasteiger partial charge in [0, 0.05) is 11.6 Å². The molecule has 5 N–H and O–H groups in total. The van der Waals surface area contributed by atoms with Crippen molar-refractivity contribution in [3.05, 3.63) is 47.3 Å². The molecular weight excluding hydrogens is 358 g/mol. The highest BCUT2D eigenvalue weighted by Gasteiger charge is 2.25. The number of fused-ring (bicyclic) bond motifs is 2. The van der Waals surface area contributed by atoms with Gasteiger partial charge in [-0.1, -0.05) is 42.5 Å². The number of nitrogens with two attached hydrogens (primary N) is 2. The van der Waals surface area contributed by atoms with Gasteiger partial charge in [0.05, 0.1) is 16.8 Å². The van der Waals surface area contributed by atoms with Crippen LogP contribution < -0.4 is 16.8 Å². The number of rotatable bonds is 4. The summed E-state index contributed by atoms with van der Waals surface area (Å²) in [4.78, 5) is 22.2. The first kappa shape index (κ1) is 16.0. The molecule has 0 atom stereocenters. The molecule has 0 unspecified atom stereocenters. The summed E-state index contributed by atoms with van der Waals surface area (Å²) in [5.74, 6) is 0.0151. The van der Waals surface area contributed by atoms with E-state index in [9.17, 15) is 4.79 Å². The third-order valence-electron chi connectivity index (χ3n) is 4.77. The maximum atomic E-state index is 11.8. The van der Waals surface area contributed by atoms with Gasteiger partial charge in [0.25, 0.3) is 5.91 Å². The van der Waals surface area contributed by atoms with Crippen LogP contribution in [0, 0.1) is 0 Å². The lowest BCUT2D eigenvalue weighted by atomic mass is 10.00. The molecule has 5 rings (SSSR count). The van der Waals surface area contributed by atoms with Gasteiger partial charge in [-0.05, 0) is 23.6 Å². The third kappa shape index (κ3) is 2.67. The summed E-state index contributed by atoms with van der Waals surface area (Å²) in [5.41, 5.74) is 13.8. The van der Waals surface area contributed by atoms with E-state index in [2.05, 4.69) is 28.5 Å². The molecule has 1 fully saturated rings. The summed E-state index contributed by atoms with van der Waals surface area (Å²) in [5, 5.41) is 6.22. The summed E-state index contributed by atoms with van der Waals surface area (Å²) >= 11 is 1.22. The molecule has 134 valence electrons. The average molecular weight is 375 g/mol. The van der Waals surface area contributed by atoms with Crippen LogP contribution in [-0.2, 0) is 0 Å². The number of anilines is 2. The third-order valence-corrected chi connectivity index (χ3v) is 5.88. The Hall–Kier alpha value is -3.19. The maximum absolute atomic E-state index is 11.8. The Bertz CT molecular complexity index is 1210. The fraction of sp³-hybridized carbons (Fsp3) is 0.150. The van der Waals surface area contributed by atoms with Gasteiger partial charge in [-0.3, -0.25) is 4.79 Å². The number of primary amides is 1. The summed E-state index contributed by atoms with van der Waals surface area (Å²) in [6, 6.07) is 14.6. The zero-order chi connectivity index (χ0) is 18.5. The molecule has 4 aromatic rings. The molecular formula is C20H17N5OS. The Labute approximate surface area is 159 Å². The molecule has 0 saturated heterocycles. The van der Waals surface area contributed by atoms with Crippen molar-refractivity contribution < 1.29 is 4.79 Å². The molecule has 2 heterocycles. The van der Waals surface area contributed by atoms with E-state index in [-0.39, 0.29) is 0 Å². The molecule has 6 nitrogen and oxygen atoms in total. The monoisotopic (exact) mass is 375 g/mol. The Kier molecular flexibility index (Phi) is 3.51. The first-order chi connectivity index (χ1) is 13.1. The lowest BCUT2D eigenvalue weighted by Crippen LogP contribution is -2.10. The predicted molar refractivity (Wildman–Crippen MR) is 110 cm³/mol. The summed E-state index contributed by atoms with van der Waals surface area (Å²) in [6.07, 6.45) is 2.23. The van der Waals surface area contributed by atoms with Crippen LogP contribution in [0.1, 0.15) is 22.5 Å².